The van der Waals surface area contributed by atoms with Gasteiger partial charge in [-0.3, -0.25) is 4.79 Å². The third kappa shape index (κ3) is 11.2. The van der Waals surface area contributed by atoms with E-state index < -0.39 is 0 Å². The van der Waals surface area contributed by atoms with Gasteiger partial charge in [-0.15, -0.1) is 0 Å². The molecule has 1 aliphatic heterocycles. The topological polar surface area (TPSA) is 38.8 Å². The lowest BCUT2D eigenvalue weighted by atomic mass is 10.1. The van der Waals surface area contributed by atoms with Crippen LogP contribution >= 0.6 is 0 Å². The second kappa shape index (κ2) is 14.0. The Bertz CT molecular complexity index is 409. The number of rotatable bonds is 14. The predicted molar refractivity (Wildman–Crippen MR) is 99.9 cm³/mol. The lowest BCUT2D eigenvalue weighted by Gasteiger charge is -1.95. The van der Waals surface area contributed by atoms with E-state index in [0.717, 1.165) is 32.1 Å². The van der Waals surface area contributed by atoms with Gasteiger partial charge < -0.3 is 9.47 Å². The molecule has 0 aromatic heterocycles. The minimum absolute atomic E-state index is 0.128. The van der Waals surface area contributed by atoms with Gasteiger partial charge in [-0.05, 0) is 44.9 Å². The van der Waals surface area contributed by atoms with Crippen LogP contribution in [0.1, 0.15) is 71.1 Å². The number of hydrogen-bond donors (Lipinski definition) is 0. The summed E-state index contributed by atoms with van der Waals surface area (Å²) in [5, 5.41) is 0. The Labute approximate surface area is 147 Å². The smallest absolute Gasteiger partial charge is 0.305 e. The van der Waals surface area contributed by atoms with Crippen LogP contribution in [0.25, 0.3) is 0 Å². The molecule has 0 aromatic carbocycles. The Morgan fingerprint density at radius 2 is 1.54 bits per heavy atom. The van der Waals surface area contributed by atoms with Crippen molar-refractivity contribution >= 4 is 5.97 Å². The number of unbranched alkanes of at least 4 members (excludes halogenated alkanes) is 4. The molecule has 0 N–H and O–H groups in total. The van der Waals surface area contributed by atoms with Crippen LogP contribution in [-0.4, -0.2) is 25.3 Å². The molecular formula is C21H34O3. The molecule has 3 heteroatoms. The number of methoxy groups -OCH3 is 1. The third-order valence-corrected chi connectivity index (χ3v) is 4.15. The van der Waals surface area contributed by atoms with Crippen LogP contribution in [0.4, 0.5) is 0 Å². The normalized spacial score (nSPS) is 20.4. The van der Waals surface area contributed by atoms with Crippen molar-refractivity contribution in [3.63, 3.8) is 0 Å². The SMILES string of the molecule is CCCCC/C=C\C/C=C\C[C@H]1O[C@@H]1C/C=C\CCCC(=O)OC. The standard InChI is InChI=1S/C21H34O3/c1-3-4-5-6-7-8-9-10-13-16-19-20(24-19)17-14-11-12-15-18-21(22)23-2/h7-8,10-11,13-14,19-20H,3-6,9,12,15-18H2,1-2H3/b8-7-,13-10-,14-11-/t19-,20-/m1/s1. The molecule has 0 bridgehead atoms. The van der Waals surface area contributed by atoms with Crippen molar-refractivity contribution in [2.24, 2.45) is 0 Å². The average molecular weight is 335 g/mol. The third-order valence-electron chi connectivity index (χ3n) is 4.15. The summed E-state index contributed by atoms with van der Waals surface area (Å²) >= 11 is 0. The first-order valence-corrected chi connectivity index (χ1v) is 9.45. The lowest BCUT2D eigenvalue weighted by molar-refractivity contribution is -0.140. The molecule has 1 heterocycles. The Hall–Kier alpha value is -1.35. The highest BCUT2D eigenvalue weighted by molar-refractivity contribution is 5.69. The first-order valence-electron chi connectivity index (χ1n) is 9.45. The molecule has 0 saturated carbocycles. The maximum Gasteiger partial charge on any atom is 0.305 e. The van der Waals surface area contributed by atoms with E-state index in [1.54, 1.807) is 0 Å². The summed E-state index contributed by atoms with van der Waals surface area (Å²) in [7, 11) is 1.43. The van der Waals surface area contributed by atoms with Crippen LogP contribution in [-0.2, 0) is 14.3 Å². The fourth-order valence-electron chi connectivity index (χ4n) is 2.54. The zero-order valence-corrected chi connectivity index (χ0v) is 15.4. The van der Waals surface area contributed by atoms with Crippen LogP contribution in [0, 0.1) is 0 Å². The molecule has 1 rings (SSSR count). The summed E-state index contributed by atoms with van der Waals surface area (Å²) in [6, 6.07) is 0. The molecule has 0 aliphatic carbocycles. The Kier molecular flexibility index (Phi) is 12.1. The largest absolute Gasteiger partial charge is 0.469 e. The maximum absolute atomic E-state index is 11.0. The van der Waals surface area contributed by atoms with E-state index in [-0.39, 0.29) is 5.97 Å². The monoisotopic (exact) mass is 334 g/mol. The van der Waals surface area contributed by atoms with Crippen molar-refractivity contribution < 1.29 is 14.3 Å². The number of epoxide rings is 1. The van der Waals surface area contributed by atoms with Gasteiger partial charge in [-0.2, -0.15) is 0 Å². The quantitative estimate of drug-likeness (QED) is 0.182. The molecule has 0 amide bonds. The summed E-state index contributed by atoms with van der Waals surface area (Å²) in [4.78, 5) is 11.0. The van der Waals surface area contributed by atoms with E-state index >= 15 is 0 Å². The molecule has 0 spiro atoms. The zero-order chi connectivity index (χ0) is 17.5. The highest BCUT2D eigenvalue weighted by Gasteiger charge is 2.35. The highest BCUT2D eigenvalue weighted by Crippen LogP contribution is 2.29. The van der Waals surface area contributed by atoms with Crippen LogP contribution in [0.3, 0.4) is 0 Å². The fraction of sp³-hybridized carbons (Fsp3) is 0.667. The van der Waals surface area contributed by atoms with Gasteiger partial charge in [0.1, 0.15) is 0 Å². The van der Waals surface area contributed by atoms with E-state index in [2.05, 4.69) is 48.1 Å². The molecule has 24 heavy (non-hydrogen) atoms. The van der Waals surface area contributed by atoms with Crippen molar-refractivity contribution in [3.05, 3.63) is 36.5 Å². The molecule has 1 saturated heterocycles. The highest BCUT2D eigenvalue weighted by atomic mass is 16.6. The van der Waals surface area contributed by atoms with E-state index in [1.165, 1.54) is 32.8 Å². The van der Waals surface area contributed by atoms with Crippen molar-refractivity contribution in [2.45, 2.75) is 83.3 Å². The fourth-order valence-corrected chi connectivity index (χ4v) is 2.54. The van der Waals surface area contributed by atoms with E-state index in [1.807, 2.05) is 0 Å². The second-order valence-corrected chi connectivity index (χ2v) is 6.30. The Morgan fingerprint density at radius 1 is 0.917 bits per heavy atom. The van der Waals surface area contributed by atoms with Gasteiger partial charge in [0.15, 0.2) is 0 Å². The van der Waals surface area contributed by atoms with E-state index in [4.69, 9.17) is 4.74 Å². The number of hydrogen-bond acceptors (Lipinski definition) is 3. The van der Waals surface area contributed by atoms with Crippen LogP contribution in [0.2, 0.25) is 0 Å². The number of carbonyl (C=O) groups is 1. The zero-order valence-electron chi connectivity index (χ0n) is 15.4. The van der Waals surface area contributed by atoms with E-state index in [0.29, 0.717) is 18.6 Å². The van der Waals surface area contributed by atoms with Gasteiger partial charge in [-0.1, -0.05) is 56.2 Å². The van der Waals surface area contributed by atoms with Gasteiger partial charge in [-0.25, -0.2) is 0 Å². The molecule has 0 radical (unpaired) electrons. The van der Waals surface area contributed by atoms with Crippen molar-refractivity contribution in [1.29, 1.82) is 0 Å². The van der Waals surface area contributed by atoms with Gasteiger partial charge in [0.25, 0.3) is 0 Å². The first kappa shape index (κ1) is 20.7. The molecule has 0 aromatic rings. The molecule has 136 valence electrons. The minimum Gasteiger partial charge on any atom is -0.469 e. The summed E-state index contributed by atoms with van der Waals surface area (Å²) < 4.78 is 10.3. The molecule has 1 aliphatic rings. The first-order chi connectivity index (χ1) is 11.8. The number of carbonyl (C=O) groups excluding carboxylic acids is 1. The molecular weight excluding hydrogens is 300 g/mol. The summed E-state index contributed by atoms with van der Waals surface area (Å²) in [6.45, 7) is 2.24. The Balaban J connectivity index is 1.93. The van der Waals surface area contributed by atoms with Gasteiger partial charge in [0.2, 0.25) is 0 Å². The molecule has 2 atom stereocenters. The lowest BCUT2D eigenvalue weighted by Crippen LogP contribution is -1.98. The van der Waals surface area contributed by atoms with Crippen LogP contribution < -0.4 is 0 Å². The number of esters is 1. The van der Waals surface area contributed by atoms with Crippen molar-refractivity contribution in [1.82, 2.24) is 0 Å². The number of ether oxygens (including phenoxy) is 2. The van der Waals surface area contributed by atoms with Gasteiger partial charge in [0.05, 0.1) is 19.3 Å². The molecule has 3 nitrogen and oxygen atoms in total. The summed E-state index contributed by atoms with van der Waals surface area (Å²) in [5.41, 5.74) is 0. The van der Waals surface area contributed by atoms with Crippen LogP contribution in [0.15, 0.2) is 36.5 Å². The van der Waals surface area contributed by atoms with Crippen molar-refractivity contribution in [3.8, 4) is 0 Å². The molecule has 1 fully saturated rings. The maximum atomic E-state index is 11.0. The van der Waals surface area contributed by atoms with Gasteiger partial charge >= 0.3 is 5.97 Å². The predicted octanol–water partition coefficient (Wildman–Crippen LogP) is 5.52. The van der Waals surface area contributed by atoms with E-state index in [9.17, 15) is 4.79 Å². The summed E-state index contributed by atoms with van der Waals surface area (Å²) in [5.74, 6) is -0.128. The molecule has 0 unspecified atom stereocenters. The number of allylic oxidation sites excluding steroid dienone is 4. The minimum atomic E-state index is -0.128. The van der Waals surface area contributed by atoms with Gasteiger partial charge in [0, 0.05) is 6.42 Å². The average Bonchev–Trinajstić information content (AvgIpc) is 3.34. The second-order valence-electron chi connectivity index (χ2n) is 6.30. The van der Waals surface area contributed by atoms with Crippen molar-refractivity contribution in [2.75, 3.05) is 7.11 Å². The summed E-state index contributed by atoms with van der Waals surface area (Å²) in [6.07, 6.45) is 24.6. The van der Waals surface area contributed by atoms with Crippen LogP contribution in [0.5, 0.6) is 0 Å². The Morgan fingerprint density at radius 3 is 2.25 bits per heavy atom.